The van der Waals surface area contributed by atoms with Gasteiger partial charge in [-0.2, -0.15) is 0 Å². The summed E-state index contributed by atoms with van der Waals surface area (Å²) < 4.78 is 4.73. The Balaban J connectivity index is 2.09. The average molecular weight is 254 g/mol. The van der Waals surface area contributed by atoms with E-state index in [0.29, 0.717) is 16.3 Å². The van der Waals surface area contributed by atoms with Gasteiger partial charge in [-0.05, 0) is 18.9 Å². The number of pyridine rings is 1. The van der Waals surface area contributed by atoms with Crippen LogP contribution in [0.4, 0.5) is 5.82 Å². The van der Waals surface area contributed by atoms with E-state index in [0.717, 1.165) is 12.8 Å². The van der Waals surface area contributed by atoms with Crippen LogP contribution < -0.4 is 10.8 Å². The van der Waals surface area contributed by atoms with Crippen LogP contribution in [0.3, 0.4) is 0 Å². The molecule has 1 aromatic rings. The Bertz CT molecular complexity index is 440. The normalized spacial score (nSPS) is 14.5. The highest BCUT2D eigenvalue weighted by Gasteiger charge is 2.30. The average Bonchev–Trinajstić information content (AvgIpc) is 3.12. The van der Waals surface area contributed by atoms with E-state index in [1.54, 1.807) is 0 Å². The second kappa shape index (κ2) is 5.04. The SMILES string of the molecule is COB(O)c1cnc(NC(=O)C2CC2)cc1Cl. The topological polar surface area (TPSA) is 71.5 Å². The van der Waals surface area contributed by atoms with Crippen LogP contribution in [0.5, 0.6) is 0 Å². The van der Waals surface area contributed by atoms with E-state index >= 15 is 0 Å². The first-order chi connectivity index (χ1) is 8.11. The number of aromatic nitrogens is 1. The van der Waals surface area contributed by atoms with Crippen molar-refractivity contribution in [2.75, 3.05) is 12.4 Å². The fourth-order valence-electron chi connectivity index (χ4n) is 1.39. The van der Waals surface area contributed by atoms with Crippen LogP contribution in [0.2, 0.25) is 5.02 Å². The second-order valence-electron chi connectivity index (χ2n) is 3.94. The first-order valence-electron chi connectivity index (χ1n) is 5.29. The molecule has 1 aromatic heterocycles. The summed E-state index contributed by atoms with van der Waals surface area (Å²) in [7, 11) is 0.257. The van der Waals surface area contributed by atoms with Gasteiger partial charge >= 0.3 is 7.12 Å². The van der Waals surface area contributed by atoms with Crippen molar-refractivity contribution < 1.29 is 14.5 Å². The summed E-state index contributed by atoms with van der Waals surface area (Å²) in [5.74, 6) is 0.465. The summed E-state index contributed by atoms with van der Waals surface area (Å²) in [5, 5.41) is 12.4. The number of hydrogen-bond acceptors (Lipinski definition) is 4. The zero-order valence-electron chi connectivity index (χ0n) is 9.31. The standard InChI is InChI=1S/C10H12BClN2O3/c1-17-11(16)7-5-13-9(4-8(7)12)14-10(15)6-2-3-6/h4-6,16H,2-3H2,1H3,(H,13,14,15). The number of halogens is 1. The van der Waals surface area contributed by atoms with Crippen LogP contribution in [0.25, 0.3) is 0 Å². The lowest BCUT2D eigenvalue weighted by atomic mass is 9.81. The summed E-state index contributed by atoms with van der Waals surface area (Å²) in [5.41, 5.74) is 0.374. The van der Waals surface area contributed by atoms with Gasteiger partial charge in [0.25, 0.3) is 0 Å². The van der Waals surface area contributed by atoms with Crippen LogP contribution in [-0.4, -0.2) is 30.1 Å². The van der Waals surface area contributed by atoms with E-state index in [1.165, 1.54) is 19.4 Å². The van der Waals surface area contributed by atoms with Crippen molar-refractivity contribution in [1.29, 1.82) is 0 Å². The monoisotopic (exact) mass is 254 g/mol. The van der Waals surface area contributed by atoms with Gasteiger partial charge in [-0.25, -0.2) is 4.98 Å². The Morgan fingerprint density at radius 1 is 1.71 bits per heavy atom. The molecule has 1 fully saturated rings. The van der Waals surface area contributed by atoms with Gasteiger partial charge in [0, 0.05) is 29.7 Å². The fourth-order valence-corrected chi connectivity index (χ4v) is 1.64. The molecule has 0 saturated heterocycles. The molecule has 90 valence electrons. The minimum absolute atomic E-state index is 0.0337. The lowest BCUT2D eigenvalue weighted by Crippen LogP contribution is -2.33. The molecule has 0 bridgehead atoms. The van der Waals surface area contributed by atoms with Crippen LogP contribution in [0.1, 0.15) is 12.8 Å². The highest BCUT2D eigenvalue weighted by Crippen LogP contribution is 2.30. The maximum atomic E-state index is 11.5. The highest BCUT2D eigenvalue weighted by atomic mass is 35.5. The zero-order valence-corrected chi connectivity index (χ0v) is 10.1. The van der Waals surface area contributed by atoms with Crippen molar-refractivity contribution in [3.05, 3.63) is 17.3 Å². The lowest BCUT2D eigenvalue weighted by Gasteiger charge is -2.08. The third-order valence-electron chi connectivity index (χ3n) is 2.57. The second-order valence-corrected chi connectivity index (χ2v) is 4.35. The van der Waals surface area contributed by atoms with E-state index in [1.807, 2.05) is 0 Å². The number of rotatable bonds is 4. The number of hydrogen-bond donors (Lipinski definition) is 2. The summed E-state index contributed by atoms with van der Waals surface area (Å²) in [6.45, 7) is 0. The van der Waals surface area contributed by atoms with Gasteiger partial charge in [-0.15, -0.1) is 0 Å². The molecule has 17 heavy (non-hydrogen) atoms. The molecule has 2 rings (SSSR count). The largest absolute Gasteiger partial charge is 0.494 e. The summed E-state index contributed by atoms with van der Waals surface area (Å²) in [6.07, 6.45) is 3.25. The van der Waals surface area contributed by atoms with E-state index in [9.17, 15) is 9.82 Å². The van der Waals surface area contributed by atoms with Gasteiger partial charge in [0.2, 0.25) is 5.91 Å². The van der Waals surface area contributed by atoms with E-state index in [4.69, 9.17) is 16.3 Å². The molecule has 0 radical (unpaired) electrons. The molecule has 0 atom stereocenters. The molecular formula is C10H12BClN2O3. The van der Waals surface area contributed by atoms with E-state index in [-0.39, 0.29) is 11.8 Å². The predicted molar refractivity (Wildman–Crippen MR) is 65.2 cm³/mol. The molecule has 1 heterocycles. The summed E-state index contributed by atoms with van der Waals surface area (Å²) >= 11 is 5.95. The molecule has 1 saturated carbocycles. The molecule has 0 spiro atoms. The zero-order chi connectivity index (χ0) is 12.4. The van der Waals surface area contributed by atoms with Gasteiger partial charge in [0.15, 0.2) is 0 Å². The first-order valence-corrected chi connectivity index (χ1v) is 5.66. The fraction of sp³-hybridized carbons (Fsp3) is 0.400. The smallest absolute Gasteiger partial charge is 0.423 e. The van der Waals surface area contributed by atoms with Gasteiger partial charge in [0.1, 0.15) is 5.82 Å². The quantitative estimate of drug-likeness (QED) is 0.764. The molecule has 1 aliphatic rings. The van der Waals surface area contributed by atoms with E-state index < -0.39 is 7.12 Å². The van der Waals surface area contributed by atoms with Crippen LogP contribution in [0, 0.1) is 5.92 Å². The van der Waals surface area contributed by atoms with Crippen molar-refractivity contribution in [2.45, 2.75) is 12.8 Å². The third kappa shape index (κ3) is 2.97. The van der Waals surface area contributed by atoms with E-state index in [2.05, 4.69) is 10.3 Å². The van der Waals surface area contributed by atoms with Gasteiger partial charge in [0.05, 0.1) is 0 Å². The number of anilines is 1. The minimum Gasteiger partial charge on any atom is -0.423 e. The Labute approximate surface area is 104 Å². The van der Waals surface area contributed by atoms with Crippen molar-refractivity contribution >= 4 is 35.9 Å². The molecule has 0 unspecified atom stereocenters. The molecule has 0 aromatic carbocycles. The molecule has 5 nitrogen and oxygen atoms in total. The Hall–Kier alpha value is -1.11. The Morgan fingerprint density at radius 2 is 2.41 bits per heavy atom. The first kappa shape index (κ1) is 12.4. The van der Waals surface area contributed by atoms with Gasteiger partial charge in [-0.1, -0.05) is 11.6 Å². The third-order valence-corrected chi connectivity index (χ3v) is 2.90. The molecular weight excluding hydrogens is 242 g/mol. The van der Waals surface area contributed by atoms with Crippen molar-refractivity contribution in [3.8, 4) is 0 Å². The molecule has 7 heteroatoms. The van der Waals surface area contributed by atoms with Crippen LogP contribution in [-0.2, 0) is 9.45 Å². The predicted octanol–water partition coefficient (Wildman–Crippen LogP) is 0.417. The minimum atomic E-state index is -1.11. The summed E-state index contributed by atoms with van der Waals surface area (Å²) in [6, 6.07) is 1.50. The number of carbonyl (C=O) groups excluding carboxylic acids is 1. The molecule has 1 amide bonds. The van der Waals surface area contributed by atoms with Gasteiger partial charge in [-0.3, -0.25) is 4.79 Å². The lowest BCUT2D eigenvalue weighted by molar-refractivity contribution is -0.117. The number of amides is 1. The maximum absolute atomic E-state index is 11.5. The molecule has 1 aliphatic carbocycles. The van der Waals surface area contributed by atoms with Crippen molar-refractivity contribution in [2.24, 2.45) is 5.92 Å². The Kier molecular flexibility index (Phi) is 3.66. The van der Waals surface area contributed by atoms with Crippen LogP contribution in [0.15, 0.2) is 12.3 Å². The maximum Gasteiger partial charge on any atom is 0.494 e. The van der Waals surface area contributed by atoms with Gasteiger partial charge < -0.3 is 15.0 Å². The number of nitrogens with zero attached hydrogens (tertiary/aromatic N) is 1. The number of carbonyl (C=O) groups is 1. The number of nitrogens with one attached hydrogen (secondary N) is 1. The summed E-state index contributed by atoms with van der Waals surface area (Å²) in [4.78, 5) is 15.5. The van der Waals surface area contributed by atoms with Crippen molar-refractivity contribution in [3.63, 3.8) is 0 Å². The Morgan fingerprint density at radius 3 is 2.94 bits per heavy atom. The van der Waals surface area contributed by atoms with Crippen LogP contribution >= 0.6 is 11.6 Å². The highest BCUT2D eigenvalue weighted by molar-refractivity contribution is 6.63. The molecule has 2 N–H and O–H groups in total. The molecule has 0 aliphatic heterocycles. The van der Waals surface area contributed by atoms with Crippen molar-refractivity contribution in [1.82, 2.24) is 4.98 Å².